The Hall–Kier alpha value is -0.0400. The van der Waals surface area contributed by atoms with Crippen LogP contribution in [0, 0.1) is 17.3 Å². The molecule has 0 aromatic rings. The second kappa shape index (κ2) is 3.61. The molecule has 0 aromatic heterocycles. The van der Waals surface area contributed by atoms with Crippen LogP contribution >= 0.6 is 0 Å². The number of nitrogens with one attached hydrogen (secondary N) is 1. The first-order valence-electron chi connectivity index (χ1n) is 5.99. The molecular weight excluding hydrogens is 158 g/mol. The lowest BCUT2D eigenvalue weighted by Crippen LogP contribution is -2.51. The molecule has 1 saturated heterocycles. The van der Waals surface area contributed by atoms with Gasteiger partial charge >= 0.3 is 0 Å². The lowest BCUT2D eigenvalue weighted by Gasteiger charge is -2.56. The average molecular weight is 181 g/mol. The van der Waals surface area contributed by atoms with Crippen LogP contribution in [0.15, 0.2) is 0 Å². The number of hydrogen-bond donors (Lipinski definition) is 1. The van der Waals surface area contributed by atoms with Gasteiger partial charge in [0.15, 0.2) is 0 Å². The van der Waals surface area contributed by atoms with E-state index in [4.69, 9.17) is 0 Å². The lowest BCUT2D eigenvalue weighted by atomic mass is 9.50. The van der Waals surface area contributed by atoms with Crippen LogP contribution in [0.5, 0.6) is 0 Å². The van der Waals surface area contributed by atoms with E-state index in [1.807, 2.05) is 0 Å². The highest BCUT2D eigenvalue weighted by Crippen LogP contribution is 2.57. The molecule has 1 heteroatoms. The van der Waals surface area contributed by atoms with Crippen LogP contribution in [0.4, 0.5) is 0 Å². The monoisotopic (exact) mass is 181 g/mol. The molecule has 0 radical (unpaired) electrons. The highest BCUT2D eigenvalue weighted by molar-refractivity contribution is 5.00. The fourth-order valence-corrected chi connectivity index (χ4v) is 3.53. The summed E-state index contributed by atoms with van der Waals surface area (Å²) in [5.74, 6) is 2.07. The molecule has 0 aromatic carbocycles. The second-order valence-corrected chi connectivity index (χ2v) is 5.15. The van der Waals surface area contributed by atoms with E-state index in [-0.39, 0.29) is 0 Å². The van der Waals surface area contributed by atoms with Gasteiger partial charge in [0.2, 0.25) is 0 Å². The zero-order chi connectivity index (χ0) is 9.31. The van der Waals surface area contributed by atoms with E-state index >= 15 is 0 Å². The number of piperidine rings is 1. The topological polar surface area (TPSA) is 12.0 Å². The van der Waals surface area contributed by atoms with Gasteiger partial charge in [-0.1, -0.05) is 26.7 Å². The van der Waals surface area contributed by atoms with Crippen LogP contribution in [0.25, 0.3) is 0 Å². The van der Waals surface area contributed by atoms with Crippen molar-refractivity contribution in [3.8, 4) is 0 Å². The van der Waals surface area contributed by atoms with Crippen LogP contribution < -0.4 is 5.32 Å². The maximum absolute atomic E-state index is 3.48. The minimum atomic E-state index is 0.769. The molecule has 1 nitrogen and oxygen atoms in total. The molecule has 1 saturated carbocycles. The van der Waals surface area contributed by atoms with E-state index in [9.17, 15) is 0 Å². The maximum Gasteiger partial charge on any atom is -0.00435 e. The van der Waals surface area contributed by atoms with E-state index in [2.05, 4.69) is 19.2 Å². The van der Waals surface area contributed by atoms with Gasteiger partial charge in [0.25, 0.3) is 0 Å². The fourth-order valence-electron chi connectivity index (χ4n) is 3.53. The van der Waals surface area contributed by atoms with Gasteiger partial charge in [-0.25, -0.2) is 0 Å². The summed E-state index contributed by atoms with van der Waals surface area (Å²) in [6.45, 7) is 7.35. The summed E-state index contributed by atoms with van der Waals surface area (Å²) in [6.07, 6.45) is 7.26. The Morgan fingerprint density at radius 1 is 1.31 bits per heavy atom. The van der Waals surface area contributed by atoms with Crippen molar-refractivity contribution < 1.29 is 0 Å². The fraction of sp³-hybridized carbons (Fsp3) is 1.00. The van der Waals surface area contributed by atoms with E-state index in [0.29, 0.717) is 0 Å². The number of hydrogen-bond acceptors (Lipinski definition) is 1. The standard InChI is InChI=1S/C12H23N/c1-3-4-11-9-12(10(11)2)5-7-13-8-6-12/h10-11,13H,3-9H2,1-2H3. The molecule has 0 bridgehead atoms. The molecule has 2 fully saturated rings. The minimum absolute atomic E-state index is 0.769. The minimum Gasteiger partial charge on any atom is -0.317 e. The lowest BCUT2D eigenvalue weighted by molar-refractivity contribution is -0.0593. The third-order valence-electron chi connectivity index (χ3n) is 4.60. The summed E-state index contributed by atoms with van der Waals surface area (Å²) in [6, 6.07) is 0. The summed E-state index contributed by atoms with van der Waals surface area (Å²) >= 11 is 0. The Kier molecular flexibility index (Phi) is 2.64. The molecular formula is C12H23N. The normalized spacial score (nSPS) is 37.4. The molecule has 2 unspecified atom stereocenters. The van der Waals surface area contributed by atoms with Crippen molar-refractivity contribution in [1.82, 2.24) is 5.32 Å². The third kappa shape index (κ3) is 1.52. The summed E-state index contributed by atoms with van der Waals surface area (Å²) < 4.78 is 0. The summed E-state index contributed by atoms with van der Waals surface area (Å²) in [4.78, 5) is 0. The van der Waals surface area contributed by atoms with Crippen LogP contribution in [0.1, 0.15) is 46.0 Å². The van der Waals surface area contributed by atoms with Crippen LogP contribution in [0.2, 0.25) is 0 Å². The second-order valence-electron chi connectivity index (χ2n) is 5.15. The zero-order valence-corrected chi connectivity index (χ0v) is 9.10. The SMILES string of the molecule is CCCC1CC2(CCNCC2)C1C. The van der Waals surface area contributed by atoms with Gasteiger partial charge in [0, 0.05) is 0 Å². The molecule has 2 rings (SSSR count). The molecule has 1 heterocycles. The molecule has 0 amide bonds. The molecule has 13 heavy (non-hydrogen) atoms. The van der Waals surface area contributed by atoms with E-state index in [0.717, 1.165) is 17.3 Å². The molecule has 1 N–H and O–H groups in total. The number of rotatable bonds is 2. The molecule has 1 aliphatic heterocycles. The Labute approximate surface area is 82.3 Å². The predicted octanol–water partition coefficient (Wildman–Crippen LogP) is 2.81. The van der Waals surface area contributed by atoms with Crippen molar-refractivity contribution in [3.05, 3.63) is 0 Å². The highest BCUT2D eigenvalue weighted by atomic mass is 14.9. The van der Waals surface area contributed by atoms with Gasteiger partial charge in [-0.15, -0.1) is 0 Å². The van der Waals surface area contributed by atoms with Gasteiger partial charge in [0.05, 0.1) is 0 Å². The molecule has 76 valence electrons. The van der Waals surface area contributed by atoms with Gasteiger partial charge in [0.1, 0.15) is 0 Å². The van der Waals surface area contributed by atoms with E-state index in [1.165, 1.54) is 45.2 Å². The van der Waals surface area contributed by atoms with E-state index < -0.39 is 0 Å². The quantitative estimate of drug-likeness (QED) is 0.690. The predicted molar refractivity (Wildman–Crippen MR) is 56.7 cm³/mol. The van der Waals surface area contributed by atoms with Crippen LogP contribution in [-0.2, 0) is 0 Å². The van der Waals surface area contributed by atoms with Crippen molar-refractivity contribution in [2.45, 2.75) is 46.0 Å². The van der Waals surface area contributed by atoms with Gasteiger partial charge in [-0.3, -0.25) is 0 Å². The largest absolute Gasteiger partial charge is 0.317 e. The van der Waals surface area contributed by atoms with Gasteiger partial charge in [-0.2, -0.15) is 0 Å². The Bertz CT molecular complexity index is 170. The summed E-state index contributed by atoms with van der Waals surface area (Å²) in [7, 11) is 0. The first-order valence-corrected chi connectivity index (χ1v) is 5.99. The first kappa shape index (κ1) is 9.51. The Morgan fingerprint density at radius 2 is 2.00 bits per heavy atom. The van der Waals surface area contributed by atoms with Crippen molar-refractivity contribution in [3.63, 3.8) is 0 Å². The smallest absolute Gasteiger partial charge is 0.00435 e. The summed E-state index contributed by atoms with van der Waals surface area (Å²) in [5.41, 5.74) is 0.769. The van der Waals surface area contributed by atoms with Gasteiger partial charge < -0.3 is 5.32 Å². The van der Waals surface area contributed by atoms with Crippen molar-refractivity contribution in [2.75, 3.05) is 13.1 Å². The molecule has 1 aliphatic carbocycles. The molecule has 1 spiro atoms. The van der Waals surface area contributed by atoms with Crippen molar-refractivity contribution in [2.24, 2.45) is 17.3 Å². The summed E-state index contributed by atoms with van der Waals surface area (Å²) in [5, 5.41) is 3.48. The average Bonchev–Trinajstić information content (AvgIpc) is 2.19. The molecule has 2 aliphatic rings. The van der Waals surface area contributed by atoms with E-state index in [1.54, 1.807) is 0 Å². The zero-order valence-electron chi connectivity index (χ0n) is 9.10. The molecule has 2 atom stereocenters. The van der Waals surface area contributed by atoms with Crippen LogP contribution in [-0.4, -0.2) is 13.1 Å². The van der Waals surface area contributed by atoms with Crippen molar-refractivity contribution in [1.29, 1.82) is 0 Å². The Balaban J connectivity index is 1.89. The van der Waals surface area contributed by atoms with Gasteiger partial charge in [-0.05, 0) is 49.6 Å². The van der Waals surface area contributed by atoms with Crippen molar-refractivity contribution >= 4 is 0 Å². The highest BCUT2D eigenvalue weighted by Gasteiger charge is 2.50. The Morgan fingerprint density at radius 3 is 2.54 bits per heavy atom. The third-order valence-corrected chi connectivity index (χ3v) is 4.60. The first-order chi connectivity index (χ1) is 6.28. The maximum atomic E-state index is 3.48. The van der Waals surface area contributed by atoms with Crippen LogP contribution in [0.3, 0.4) is 0 Å².